The molecule has 0 radical (unpaired) electrons. The Labute approximate surface area is 409 Å². The summed E-state index contributed by atoms with van der Waals surface area (Å²) in [7, 11) is 0. The van der Waals surface area contributed by atoms with Gasteiger partial charge in [0.1, 0.15) is 24.4 Å². The molecule has 0 spiro atoms. The number of rotatable bonds is 46. The van der Waals surface area contributed by atoms with E-state index in [2.05, 4.69) is 50.4 Å². The van der Waals surface area contributed by atoms with Crippen molar-refractivity contribution in [2.24, 2.45) is 0 Å². The van der Waals surface area contributed by atoms with E-state index >= 15 is 0 Å². The van der Waals surface area contributed by atoms with Gasteiger partial charge in [0.25, 0.3) is 0 Å². The maximum Gasteiger partial charge on any atom is 0.306 e. The molecule has 67 heavy (non-hydrogen) atoms. The van der Waals surface area contributed by atoms with Crippen LogP contribution < -0.4 is 5.32 Å². The largest absolute Gasteiger partial charge is 0.454 e. The molecule has 11 heteroatoms. The number of carbonyl (C=O) groups is 2. The van der Waals surface area contributed by atoms with Gasteiger partial charge in [0, 0.05) is 6.42 Å². The van der Waals surface area contributed by atoms with Crippen molar-refractivity contribution in [2.75, 3.05) is 13.2 Å². The number of nitrogens with one attached hydrogen (secondary N) is 1. The van der Waals surface area contributed by atoms with E-state index in [-0.39, 0.29) is 13.0 Å². The summed E-state index contributed by atoms with van der Waals surface area (Å²) in [5, 5.41) is 56.7. The van der Waals surface area contributed by atoms with Crippen LogP contribution in [0.15, 0.2) is 36.5 Å². The summed E-state index contributed by atoms with van der Waals surface area (Å²) in [6.07, 6.45) is 40.5. The van der Waals surface area contributed by atoms with Crippen molar-refractivity contribution in [2.45, 2.75) is 294 Å². The first kappa shape index (κ1) is 62.9. The number of hydrogen-bond acceptors (Lipinski definition) is 10. The van der Waals surface area contributed by atoms with Crippen LogP contribution in [0.5, 0.6) is 0 Å². The van der Waals surface area contributed by atoms with Gasteiger partial charge in [-0.1, -0.05) is 224 Å². The van der Waals surface area contributed by atoms with Gasteiger partial charge in [-0.15, -0.1) is 0 Å². The molecule has 11 nitrogen and oxygen atoms in total. The van der Waals surface area contributed by atoms with E-state index in [9.17, 15) is 35.1 Å². The SMILES string of the molecule is CC/C=C/C/C=C/CCCCCCCCCC(=O)OC1C(OCC(NC(=O)C(O)CCCCCCCCCCCCCC)C(O)/C=C/CCCCCCCCCCCC)OC(CO)C(O)C1O. The topological polar surface area (TPSA) is 175 Å². The molecule has 0 bridgehead atoms. The van der Waals surface area contributed by atoms with Gasteiger partial charge in [-0.2, -0.15) is 0 Å². The van der Waals surface area contributed by atoms with Crippen LogP contribution in [0.1, 0.15) is 245 Å². The van der Waals surface area contributed by atoms with Gasteiger partial charge in [0.15, 0.2) is 12.4 Å². The Bertz CT molecular complexity index is 1230. The highest BCUT2D eigenvalue weighted by Gasteiger charge is 2.47. The minimum Gasteiger partial charge on any atom is -0.454 e. The second kappa shape index (κ2) is 45.0. The Morgan fingerprint density at radius 3 is 1.60 bits per heavy atom. The highest BCUT2D eigenvalue weighted by atomic mass is 16.7. The van der Waals surface area contributed by atoms with Crippen LogP contribution in [0, 0.1) is 0 Å². The van der Waals surface area contributed by atoms with Crippen molar-refractivity contribution < 1.29 is 49.3 Å². The predicted molar refractivity (Wildman–Crippen MR) is 274 cm³/mol. The number of allylic oxidation sites excluding steroid dienone is 5. The minimum absolute atomic E-state index is 0.116. The summed E-state index contributed by atoms with van der Waals surface area (Å²) >= 11 is 0. The smallest absolute Gasteiger partial charge is 0.306 e. The molecule has 8 unspecified atom stereocenters. The molecule has 6 N–H and O–H groups in total. The van der Waals surface area contributed by atoms with Crippen molar-refractivity contribution in [3.05, 3.63) is 36.5 Å². The maximum absolute atomic E-state index is 13.3. The Balaban J connectivity index is 2.75. The van der Waals surface area contributed by atoms with Crippen LogP contribution >= 0.6 is 0 Å². The van der Waals surface area contributed by atoms with Crippen molar-refractivity contribution >= 4 is 11.9 Å². The third-order valence-corrected chi connectivity index (χ3v) is 13.1. The number of amides is 1. The van der Waals surface area contributed by atoms with Gasteiger partial charge < -0.3 is 45.1 Å². The van der Waals surface area contributed by atoms with Crippen LogP contribution in [0.4, 0.5) is 0 Å². The number of esters is 1. The number of aliphatic hydroxyl groups excluding tert-OH is 5. The fraction of sp³-hybridized carbons (Fsp3) is 0.857. The zero-order valence-electron chi connectivity index (χ0n) is 43.0. The Kier molecular flexibility index (Phi) is 42.3. The zero-order valence-corrected chi connectivity index (χ0v) is 43.0. The molecule has 0 aromatic carbocycles. The van der Waals surface area contributed by atoms with Gasteiger partial charge in [0.2, 0.25) is 5.91 Å². The number of unbranched alkanes of at least 4 members (excludes halogenated alkanes) is 28. The van der Waals surface area contributed by atoms with Gasteiger partial charge >= 0.3 is 5.97 Å². The number of aliphatic hydroxyl groups is 5. The molecule has 392 valence electrons. The van der Waals surface area contributed by atoms with E-state index in [1.807, 2.05) is 6.08 Å². The molecular formula is C56H103NO10. The van der Waals surface area contributed by atoms with Crippen LogP contribution in [-0.2, 0) is 23.8 Å². The summed E-state index contributed by atoms with van der Waals surface area (Å²) in [6.45, 7) is 5.66. The molecule has 1 amide bonds. The summed E-state index contributed by atoms with van der Waals surface area (Å²) < 4.78 is 17.5. The molecule has 1 heterocycles. The van der Waals surface area contributed by atoms with E-state index in [1.54, 1.807) is 6.08 Å². The quantitative estimate of drug-likeness (QED) is 0.0196. The third-order valence-electron chi connectivity index (χ3n) is 13.1. The third kappa shape index (κ3) is 34.0. The van der Waals surface area contributed by atoms with Crippen LogP contribution in [0.25, 0.3) is 0 Å². The highest BCUT2D eigenvalue weighted by Crippen LogP contribution is 2.26. The number of hydrogen-bond donors (Lipinski definition) is 6. The molecule has 1 aliphatic heterocycles. The molecule has 0 aromatic heterocycles. The monoisotopic (exact) mass is 950 g/mol. The van der Waals surface area contributed by atoms with Crippen molar-refractivity contribution in [3.63, 3.8) is 0 Å². The highest BCUT2D eigenvalue weighted by molar-refractivity contribution is 5.80. The lowest BCUT2D eigenvalue weighted by Crippen LogP contribution is -2.61. The predicted octanol–water partition coefficient (Wildman–Crippen LogP) is 11.9. The lowest BCUT2D eigenvalue weighted by molar-refractivity contribution is -0.305. The van der Waals surface area contributed by atoms with E-state index in [0.717, 1.165) is 83.5 Å². The zero-order chi connectivity index (χ0) is 49.0. The van der Waals surface area contributed by atoms with E-state index in [1.165, 1.54) is 116 Å². The molecular weight excluding hydrogens is 847 g/mol. The lowest BCUT2D eigenvalue weighted by Gasteiger charge is -2.41. The van der Waals surface area contributed by atoms with E-state index < -0.39 is 67.4 Å². The molecule has 0 aromatic rings. The fourth-order valence-electron chi connectivity index (χ4n) is 8.63. The van der Waals surface area contributed by atoms with Crippen molar-refractivity contribution in [3.8, 4) is 0 Å². The summed E-state index contributed by atoms with van der Waals surface area (Å²) in [5.74, 6) is -1.20. The van der Waals surface area contributed by atoms with Gasteiger partial charge in [0.05, 0.1) is 25.4 Å². The van der Waals surface area contributed by atoms with Gasteiger partial charge in [-0.05, 0) is 51.4 Å². The maximum atomic E-state index is 13.3. The molecule has 1 saturated heterocycles. The number of carbonyl (C=O) groups excluding carboxylic acids is 2. The first-order chi connectivity index (χ1) is 32.7. The summed E-state index contributed by atoms with van der Waals surface area (Å²) in [6, 6.07) is -1.02. The van der Waals surface area contributed by atoms with E-state index in [0.29, 0.717) is 19.3 Å². The van der Waals surface area contributed by atoms with Gasteiger partial charge in [-0.25, -0.2) is 0 Å². The standard InChI is InChI=1S/C56H103NO10/c1-4-7-10-13-16-19-22-25-26-29-32-35-38-41-44-51(61)67-54-53(63)52(62)50(45-58)66-56(54)65-46-47(48(59)42-39-36-33-30-27-23-20-17-14-11-8-5-2)57-55(64)49(60)43-40-37-34-31-28-24-21-18-15-12-9-6-3/h7,10,16,19,39,42,47-50,52-54,56,58-60,62-63H,4-6,8-9,11-15,17-18,20-38,40-41,43-46H2,1-3H3,(H,57,64)/b10-7+,19-16+,42-39+. The Morgan fingerprint density at radius 2 is 1.07 bits per heavy atom. The minimum atomic E-state index is -1.61. The molecule has 1 rings (SSSR count). The van der Waals surface area contributed by atoms with Gasteiger partial charge in [-0.3, -0.25) is 9.59 Å². The van der Waals surface area contributed by atoms with Crippen LogP contribution in [0.2, 0.25) is 0 Å². The van der Waals surface area contributed by atoms with Crippen LogP contribution in [0.3, 0.4) is 0 Å². The lowest BCUT2D eigenvalue weighted by atomic mass is 9.99. The molecule has 0 aliphatic carbocycles. The number of ether oxygens (including phenoxy) is 3. The molecule has 1 fully saturated rings. The normalized spacial score (nSPS) is 20.3. The Morgan fingerprint density at radius 1 is 0.597 bits per heavy atom. The molecule has 8 atom stereocenters. The van der Waals surface area contributed by atoms with Crippen molar-refractivity contribution in [1.29, 1.82) is 0 Å². The summed E-state index contributed by atoms with van der Waals surface area (Å²) in [4.78, 5) is 26.4. The second-order valence-electron chi connectivity index (χ2n) is 19.3. The first-order valence-electron chi connectivity index (χ1n) is 27.8. The fourth-order valence-corrected chi connectivity index (χ4v) is 8.63. The average molecular weight is 950 g/mol. The van der Waals surface area contributed by atoms with Crippen LogP contribution in [-0.4, -0.2) is 99.6 Å². The molecule has 1 aliphatic rings. The molecule has 0 saturated carbocycles. The summed E-state index contributed by atoms with van der Waals surface area (Å²) in [5.41, 5.74) is 0. The Hall–Kier alpha value is -2.12. The first-order valence-corrected chi connectivity index (χ1v) is 27.8. The second-order valence-corrected chi connectivity index (χ2v) is 19.3. The van der Waals surface area contributed by atoms with Crippen molar-refractivity contribution in [1.82, 2.24) is 5.32 Å². The van der Waals surface area contributed by atoms with E-state index in [4.69, 9.17) is 14.2 Å². The average Bonchev–Trinajstić information content (AvgIpc) is 3.32.